The molecule has 1 aliphatic carbocycles. The topological polar surface area (TPSA) is 37.4 Å². The molecule has 18 heavy (non-hydrogen) atoms. The van der Waals surface area contributed by atoms with Crippen molar-refractivity contribution < 1.29 is 9.59 Å². The van der Waals surface area contributed by atoms with Crippen molar-refractivity contribution in [3.63, 3.8) is 0 Å². The standard InChI is InChI=1S/C15H17NO2/c1-16(2)12-8-6-11(7-9-12)10-13-14(17)4-3-5-15(13)18/h6-10H,3-5H2,1-2H3. The van der Waals surface area contributed by atoms with Gasteiger partial charge in [-0.15, -0.1) is 0 Å². The summed E-state index contributed by atoms with van der Waals surface area (Å²) in [5.41, 5.74) is 2.36. The molecule has 3 nitrogen and oxygen atoms in total. The van der Waals surface area contributed by atoms with Gasteiger partial charge < -0.3 is 4.90 Å². The molecule has 94 valence electrons. The summed E-state index contributed by atoms with van der Waals surface area (Å²) < 4.78 is 0. The minimum atomic E-state index is -0.0251. The van der Waals surface area contributed by atoms with Crippen molar-refractivity contribution >= 4 is 23.3 Å². The lowest BCUT2D eigenvalue weighted by Crippen LogP contribution is -2.18. The molecule has 1 fully saturated rings. The molecule has 0 heterocycles. The average Bonchev–Trinajstić information content (AvgIpc) is 2.34. The van der Waals surface area contributed by atoms with Gasteiger partial charge in [0.05, 0.1) is 5.57 Å². The lowest BCUT2D eigenvalue weighted by atomic mass is 9.91. The van der Waals surface area contributed by atoms with Crippen LogP contribution in [-0.2, 0) is 9.59 Å². The number of nitrogens with zero attached hydrogens (tertiary/aromatic N) is 1. The van der Waals surface area contributed by atoms with Crippen LogP contribution < -0.4 is 4.90 Å². The SMILES string of the molecule is CN(C)c1ccc(C=C2C(=O)CCCC2=O)cc1. The highest BCUT2D eigenvalue weighted by Crippen LogP contribution is 2.20. The zero-order valence-corrected chi connectivity index (χ0v) is 10.8. The largest absolute Gasteiger partial charge is 0.378 e. The van der Waals surface area contributed by atoms with E-state index >= 15 is 0 Å². The Hall–Kier alpha value is -1.90. The summed E-state index contributed by atoms with van der Waals surface area (Å²) in [6.45, 7) is 0. The van der Waals surface area contributed by atoms with E-state index in [1.807, 2.05) is 43.3 Å². The molecule has 2 rings (SSSR count). The quantitative estimate of drug-likeness (QED) is 0.591. The van der Waals surface area contributed by atoms with Crippen molar-refractivity contribution in [2.24, 2.45) is 0 Å². The van der Waals surface area contributed by atoms with Crippen molar-refractivity contribution in [3.8, 4) is 0 Å². The van der Waals surface area contributed by atoms with Crippen LogP contribution in [0.2, 0.25) is 0 Å². The lowest BCUT2D eigenvalue weighted by molar-refractivity contribution is -0.123. The maximum absolute atomic E-state index is 11.7. The summed E-state index contributed by atoms with van der Waals surface area (Å²) >= 11 is 0. The van der Waals surface area contributed by atoms with Crippen LogP contribution in [0.15, 0.2) is 29.8 Å². The van der Waals surface area contributed by atoms with E-state index in [1.54, 1.807) is 6.08 Å². The van der Waals surface area contributed by atoms with Gasteiger partial charge in [0.25, 0.3) is 0 Å². The molecule has 1 aromatic rings. The van der Waals surface area contributed by atoms with Gasteiger partial charge in [0.15, 0.2) is 11.6 Å². The molecule has 1 aromatic carbocycles. The Kier molecular flexibility index (Phi) is 3.60. The van der Waals surface area contributed by atoms with E-state index < -0.39 is 0 Å². The predicted octanol–water partition coefficient (Wildman–Crippen LogP) is 2.46. The van der Waals surface area contributed by atoms with Gasteiger partial charge in [-0.05, 0) is 30.2 Å². The smallest absolute Gasteiger partial charge is 0.166 e. The number of ketones is 2. The molecular weight excluding hydrogens is 226 g/mol. The van der Waals surface area contributed by atoms with E-state index in [2.05, 4.69) is 0 Å². The van der Waals surface area contributed by atoms with E-state index in [-0.39, 0.29) is 11.6 Å². The van der Waals surface area contributed by atoms with E-state index in [1.165, 1.54) is 0 Å². The summed E-state index contributed by atoms with van der Waals surface area (Å²) in [4.78, 5) is 25.4. The molecule has 0 saturated heterocycles. The molecule has 0 aliphatic heterocycles. The molecule has 0 unspecified atom stereocenters. The van der Waals surface area contributed by atoms with Gasteiger partial charge >= 0.3 is 0 Å². The highest BCUT2D eigenvalue weighted by Gasteiger charge is 2.22. The first-order chi connectivity index (χ1) is 8.58. The molecule has 1 saturated carbocycles. The molecule has 0 atom stereocenters. The summed E-state index contributed by atoms with van der Waals surface area (Å²) in [6, 6.07) is 7.81. The van der Waals surface area contributed by atoms with Crippen molar-refractivity contribution in [2.75, 3.05) is 19.0 Å². The third-order valence-electron chi connectivity index (χ3n) is 3.13. The average molecular weight is 243 g/mol. The third kappa shape index (κ3) is 2.67. The number of rotatable bonds is 2. The van der Waals surface area contributed by atoms with Crippen LogP contribution in [0.1, 0.15) is 24.8 Å². The fourth-order valence-electron chi connectivity index (χ4n) is 2.03. The van der Waals surface area contributed by atoms with E-state index in [0.717, 1.165) is 11.3 Å². The van der Waals surface area contributed by atoms with Gasteiger partial charge in [-0.3, -0.25) is 9.59 Å². The van der Waals surface area contributed by atoms with E-state index in [9.17, 15) is 9.59 Å². The van der Waals surface area contributed by atoms with Gasteiger partial charge in [0.2, 0.25) is 0 Å². The van der Waals surface area contributed by atoms with Crippen LogP contribution in [0, 0.1) is 0 Å². The van der Waals surface area contributed by atoms with Gasteiger partial charge in [-0.25, -0.2) is 0 Å². The molecule has 0 spiro atoms. The second-order valence-corrected chi connectivity index (χ2v) is 4.74. The second kappa shape index (κ2) is 5.17. The third-order valence-corrected chi connectivity index (χ3v) is 3.13. The van der Waals surface area contributed by atoms with Crippen molar-refractivity contribution in [1.29, 1.82) is 0 Å². The molecule has 0 aromatic heterocycles. The minimum absolute atomic E-state index is 0.0251. The molecule has 0 radical (unpaired) electrons. The first kappa shape index (κ1) is 12.6. The first-order valence-corrected chi connectivity index (χ1v) is 6.13. The Bertz CT molecular complexity index is 480. The predicted molar refractivity (Wildman–Crippen MR) is 72.6 cm³/mol. The normalized spacial score (nSPS) is 15.8. The number of Topliss-reactive ketones (excluding diaryl/α,β-unsaturated/α-hetero) is 2. The number of carbonyl (C=O) groups excluding carboxylic acids is 2. The van der Waals surface area contributed by atoms with Crippen LogP contribution in [-0.4, -0.2) is 25.7 Å². The lowest BCUT2D eigenvalue weighted by Gasteiger charge is -2.13. The first-order valence-electron chi connectivity index (χ1n) is 6.13. The van der Waals surface area contributed by atoms with Crippen molar-refractivity contribution in [3.05, 3.63) is 35.4 Å². The summed E-state index contributed by atoms with van der Waals surface area (Å²) in [5.74, 6) is -0.0501. The number of hydrogen-bond acceptors (Lipinski definition) is 3. The number of benzene rings is 1. The number of anilines is 1. The van der Waals surface area contributed by atoms with Crippen LogP contribution in [0.5, 0.6) is 0 Å². The molecule has 0 bridgehead atoms. The molecular formula is C15H17NO2. The zero-order chi connectivity index (χ0) is 13.1. The maximum Gasteiger partial charge on any atom is 0.166 e. The Morgan fingerprint density at radius 2 is 1.56 bits per heavy atom. The molecule has 3 heteroatoms. The van der Waals surface area contributed by atoms with Crippen molar-refractivity contribution in [1.82, 2.24) is 0 Å². The van der Waals surface area contributed by atoms with Crippen molar-refractivity contribution in [2.45, 2.75) is 19.3 Å². The monoisotopic (exact) mass is 243 g/mol. The molecule has 1 aliphatic rings. The molecule has 0 N–H and O–H groups in total. The second-order valence-electron chi connectivity index (χ2n) is 4.74. The van der Waals surface area contributed by atoms with Gasteiger partial charge in [0, 0.05) is 32.6 Å². The maximum atomic E-state index is 11.7. The fraction of sp³-hybridized carbons (Fsp3) is 0.333. The highest BCUT2D eigenvalue weighted by molar-refractivity contribution is 6.24. The van der Waals surface area contributed by atoms with Gasteiger partial charge in [-0.1, -0.05) is 12.1 Å². The Morgan fingerprint density at radius 3 is 2.06 bits per heavy atom. The Balaban J connectivity index is 2.26. The van der Waals surface area contributed by atoms with E-state index in [4.69, 9.17) is 0 Å². The molecule has 0 amide bonds. The van der Waals surface area contributed by atoms with Crippen LogP contribution in [0.4, 0.5) is 5.69 Å². The summed E-state index contributed by atoms with van der Waals surface area (Å²) in [5, 5.41) is 0. The zero-order valence-electron chi connectivity index (χ0n) is 10.8. The number of carbonyl (C=O) groups is 2. The van der Waals surface area contributed by atoms with Crippen LogP contribution in [0.3, 0.4) is 0 Å². The van der Waals surface area contributed by atoms with E-state index in [0.29, 0.717) is 24.8 Å². The summed E-state index contributed by atoms with van der Waals surface area (Å²) in [6.07, 6.45) is 3.39. The summed E-state index contributed by atoms with van der Waals surface area (Å²) in [7, 11) is 3.95. The highest BCUT2D eigenvalue weighted by atomic mass is 16.1. The minimum Gasteiger partial charge on any atom is -0.378 e. The van der Waals surface area contributed by atoms with Gasteiger partial charge in [-0.2, -0.15) is 0 Å². The fourth-order valence-corrected chi connectivity index (χ4v) is 2.03. The number of allylic oxidation sites excluding steroid dienone is 1. The van der Waals surface area contributed by atoms with Gasteiger partial charge in [0.1, 0.15) is 0 Å². The Morgan fingerprint density at radius 1 is 1.00 bits per heavy atom. The Labute approximate surface area is 107 Å². The number of hydrogen-bond donors (Lipinski definition) is 0. The van der Waals surface area contributed by atoms with Crippen LogP contribution >= 0.6 is 0 Å². The van der Waals surface area contributed by atoms with Crippen LogP contribution in [0.25, 0.3) is 6.08 Å².